The van der Waals surface area contributed by atoms with E-state index < -0.39 is 16.9 Å². The molecule has 0 amide bonds. The summed E-state index contributed by atoms with van der Waals surface area (Å²) in [6, 6.07) is 12.0. The molecule has 0 bridgehead atoms. The fraction of sp³-hybridized carbons (Fsp3) is 0.0588. The van der Waals surface area contributed by atoms with Crippen molar-refractivity contribution in [2.24, 2.45) is 0 Å². The van der Waals surface area contributed by atoms with Gasteiger partial charge in [-0.15, -0.1) is 0 Å². The molecule has 23 heavy (non-hydrogen) atoms. The fourth-order valence-corrected chi connectivity index (χ4v) is 2.84. The molecule has 0 radical (unpaired) electrons. The van der Waals surface area contributed by atoms with Crippen molar-refractivity contribution in [2.75, 3.05) is 0 Å². The zero-order valence-electron chi connectivity index (χ0n) is 12.0. The Labute approximate surface area is 135 Å². The van der Waals surface area contributed by atoms with Gasteiger partial charge < -0.3 is 4.55 Å². The predicted molar refractivity (Wildman–Crippen MR) is 87.3 cm³/mol. The second-order valence-corrected chi connectivity index (χ2v) is 5.84. The molecule has 116 valence electrons. The highest BCUT2D eigenvalue weighted by Crippen LogP contribution is 2.30. The Morgan fingerprint density at radius 1 is 1.09 bits per heavy atom. The molecule has 1 atom stereocenters. The Hall–Kier alpha value is -2.44. The van der Waals surface area contributed by atoms with Crippen molar-refractivity contribution in [3.8, 4) is 22.4 Å². The fourth-order valence-electron chi connectivity index (χ4n) is 2.34. The van der Waals surface area contributed by atoms with Gasteiger partial charge in [-0.1, -0.05) is 24.3 Å². The van der Waals surface area contributed by atoms with Crippen LogP contribution in [0.2, 0.25) is 0 Å². The van der Waals surface area contributed by atoms with Crippen LogP contribution in [-0.4, -0.2) is 18.7 Å². The summed E-state index contributed by atoms with van der Waals surface area (Å²) < 4.78 is 33.9. The van der Waals surface area contributed by atoms with E-state index in [4.69, 9.17) is 4.55 Å². The molecule has 0 saturated heterocycles. The second kappa shape index (κ2) is 6.76. The van der Waals surface area contributed by atoms with Crippen molar-refractivity contribution < 1.29 is 13.2 Å². The second-order valence-electron chi connectivity index (χ2n) is 4.91. The van der Waals surface area contributed by atoms with Crippen LogP contribution >= 0.6 is 0 Å². The molecular weight excluding hydrogens is 315 g/mol. The summed E-state index contributed by atoms with van der Waals surface area (Å²) in [6.07, 6.45) is 5.05. The smallest absolute Gasteiger partial charge is 0.157 e. The molecule has 0 fully saturated rings. The topological polar surface area (TPSA) is 63.1 Å². The largest absolute Gasteiger partial charge is 0.306 e. The minimum absolute atomic E-state index is 0.202. The van der Waals surface area contributed by atoms with Crippen molar-refractivity contribution in [1.29, 1.82) is 0 Å². The van der Waals surface area contributed by atoms with Gasteiger partial charge in [0.25, 0.3) is 0 Å². The lowest BCUT2D eigenvalue weighted by Gasteiger charge is -2.10. The molecule has 0 aliphatic rings. The van der Waals surface area contributed by atoms with E-state index in [1.807, 2.05) is 24.3 Å². The van der Waals surface area contributed by atoms with E-state index in [-0.39, 0.29) is 11.3 Å². The minimum atomic E-state index is -2.08. The van der Waals surface area contributed by atoms with Crippen LogP contribution in [0, 0.1) is 5.82 Å². The molecule has 1 unspecified atom stereocenters. The minimum Gasteiger partial charge on any atom is -0.306 e. The van der Waals surface area contributed by atoms with Gasteiger partial charge in [0.15, 0.2) is 11.1 Å². The van der Waals surface area contributed by atoms with E-state index in [2.05, 4.69) is 9.97 Å². The van der Waals surface area contributed by atoms with Gasteiger partial charge in [-0.3, -0.25) is 9.97 Å². The molecule has 2 heterocycles. The lowest BCUT2D eigenvalue weighted by molar-refractivity contribution is 0.559. The molecular formula is C17H13FN2O2S. The van der Waals surface area contributed by atoms with Crippen LogP contribution in [0.25, 0.3) is 22.4 Å². The number of halogens is 1. The van der Waals surface area contributed by atoms with Crippen molar-refractivity contribution in [1.82, 2.24) is 9.97 Å². The maximum absolute atomic E-state index is 14.1. The zero-order valence-corrected chi connectivity index (χ0v) is 12.8. The monoisotopic (exact) mass is 328 g/mol. The van der Waals surface area contributed by atoms with Crippen LogP contribution in [0.3, 0.4) is 0 Å². The number of nitrogens with zero attached hydrogens (tertiary/aromatic N) is 2. The third kappa shape index (κ3) is 3.49. The van der Waals surface area contributed by atoms with Gasteiger partial charge >= 0.3 is 0 Å². The summed E-state index contributed by atoms with van der Waals surface area (Å²) in [5, 5.41) is 0. The van der Waals surface area contributed by atoms with Gasteiger partial charge in [0.2, 0.25) is 0 Å². The predicted octanol–water partition coefficient (Wildman–Crippen LogP) is 3.67. The highest BCUT2D eigenvalue weighted by molar-refractivity contribution is 7.78. The van der Waals surface area contributed by atoms with Gasteiger partial charge in [-0.2, -0.15) is 0 Å². The van der Waals surface area contributed by atoms with Gasteiger partial charge in [-0.25, -0.2) is 8.60 Å². The number of hydrogen-bond donors (Lipinski definition) is 1. The lowest BCUT2D eigenvalue weighted by Crippen LogP contribution is -1.97. The molecule has 2 aromatic heterocycles. The summed E-state index contributed by atoms with van der Waals surface area (Å²) in [4.78, 5) is 8.45. The zero-order chi connectivity index (χ0) is 16.2. The molecule has 6 heteroatoms. The number of benzene rings is 1. The summed E-state index contributed by atoms with van der Waals surface area (Å²) in [5.74, 6) is -0.753. The quantitative estimate of drug-likeness (QED) is 0.742. The van der Waals surface area contributed by atoms with Gasteiger partial charge in [0.05, 0.1) is 11.4 Å². The van der Waals surface area contributed by atoms with Crippen LogP contribution in [0.4, 0.5) is 4.39 Å². The van der Waals surface area contributed by atoms with Crippen molar-refractivity contribution in [3.05, 3.63) is 72.4 Å². The molecule has 0 saturated carbocycles. The van der Waals surface area contributed by atoms with Crippen LogP contribution in [-0.2, 0) is 16.8 Å². The highest BCUT2D eigenvalue weighted by atomic mass is 32.2. The normalized spacial score (nSPS) is 12.1. The van der Waals surface area contributed by atoms with E-state index in [0.717, 1.165) is 11.1 Å². The third-order valence-corrected chi connectivity index (χ3v) is 3.94. The van der Waals surface area contributed by atoms with Crippen LogP contribution in [0.5, 0.6) is 0 Å². The summed E-state index contributed by atoms with van der Waals surface area (Å²) in [6.45, 7) is 0. The Morgan fingerprint density at radius 3 is 2.61 bits per heavy atom. The molecule has 3 rings (SSSR count). The van der Waals surface area contributed by atoms with Crippen molar-refractivity contribution in [3.63, 3.8) is 0 Å². The van der Waals surface area contributed by atoms with E-state index in [1.165, 1.54) is 12.1 Å². The standard InChI is InChI=1S/C17H13FN2O2S/c18-16-9-12(5-6-14(16)11-23(21)22)17-15(4-2-8-20-17)13-3-1-7-19-10-13/h1-10H,11H2,(H,21,22). The van der Waals surface area contributed by atoms with E-state index >= 15 is 0 Å². The van der Waals surface area contributed by atoms with E-state index in [1.54, 1.807) is 24.7 Å². The molecule has 0 spiro atoms. The molecule has 4 nitrogen and oxygen atoms in total. The SMILES string of the molecule is O=S(O)Cc1ccc(-c2ncccc2-c2cccnc2)cc1F. The molecule has 0 aliphatic heterocycles. The number of hydrogen-bond acceptors (Lipinski definition) is 3. The van der Waals surface area contributed by atoms with Crippen LogP contribution in [0.1, 0.15) is 5.56 Å². The summed E-state index contributed by atoms with van der Waals surface area (Å²) in [5.41, 5.74) is 3.17. The highest BCUT2D eigenvalue weighted by Gasteiger charge is 2.12. The Bertz CT molecular complexity index is 856. The van der Waals surface area contributed by atoms with Crippen molar-refractivity contribution in [2.45, 2.75) is 5.75 Å². The maximum atomic E-state index is 14.1. The van der Waals surface area contributed by atoms with E-state index in [0.29, 0.717) is 11.3 Å². The summed E-state index contributed by atoms with van der Waals surface area (Å²) in [7, 11) is 0. The average Bonchev–Trinajstić information content (AvgIpc) is 2.57. The molecule has 1 N–H and O–H groups in total. The lowest BCUT2D eigenvalue weighted by atomic mass is 10.00. The van der Waals surface area contributed by atoms with Gasteiger partial charge in [0.1, 0.15) is 5.82 Å². The van der Waals surface area contributed by atoms with E-state index in [9.17, 15) is 8.60 Å². The number of pyridine rings is 2. The first-order chi connectivity index (χ1) is 11.1. The molecule has 1 aromatic carbocycles. The number of aromatic nitrogens is 2. The van der Waals surface area contributed by atoms with Gasteiger partial charge in [0, 0.05) is 40.8 Å². The van der Waals surface area contributed by atoms with Crippen molar-refractivity contribution >= 4 is 11.1 Å². The Morgan fingerprint density at radius 2 is 1.91 bits per heavy atom. The first-order valence-electron chi connectivity index (χ1n) is 6.87. The number of rotatable bonds is 4. The van der Waals surface area contributed by atoms with Gasteiger partial charge in [-0.05, 0) is 18.2 Å². The maximum Gasteiger partial charge on any atom is 0.157 e. The molecule has 0 aliphatic carbocycles. The Kier molecular flexibility index (Phi) is 4.55. The Balaban J connectivity index is 2.06. The summed E-state index contributed by atoms with van der Waals surface area (Å²) >= 11 is -2.08. The first-order valence-corrected chi connectivity index (χ1v) is 8.14. The van der Waals surface area contributed by atoms with Crippen LogP contribution < -0.4 is 0 Å². The molecule has 3 aromatic rings. The average molecular weight is 328 g/mol. The van der Waals surface area contributed by atoms with Crippen LogP contribution in [0.15, 0.2) is 61.1 Å². The first kappa shape index (κ1) is 15.5. The third-order valence-electron chi connectivity index (χ3n) is 3.39.